The number of morpholine rings is 1. The van der Waals surface area contributed by atoms with Crippen LogP contribution in [0.2, 0.25) is 0 Å². The van der Waals surface area contributed by atoms with Gasteiger partial charge in [0.05, 0.1) is 17.6 Å². The van der Waals surface area contributed by atoms with Crippen LogP contribution in [0.5, 0.6) is 0 Å². The highest BCUT2D eigenvalue weighted by molar-refractivity contribution is 7.20. The van der Waals surface area contributed by atoms with E-state index in [1.807, 2.05) is 27.8 Å². The van der Waals surface area contributed by atoms with Gasteiger partial charge in [0, 0.05) is 18.5 Å². The minimum absolute atomic E-state index is 0.0193. The predicted molar refractivity (Wildman–Crippen MR) is 81.4 cm³/mol. The van der Waals surface area contributed by atoms with Gasteiger partial charge in [0.1, 0.15) is 10.7 Å². The predicted octanol–water partition coefficient (Wildman–Crippen LogP) is 3.12. The SMILES string of the molecule is CC[C@@H]1CN(C(=O)c2csc(-c3cccs3)n2)CCO1. The number of thiophene rings is 1. The van der Waals surface area contributed by atoms with E-state index >= 15 is 0 Å². The largest absolute Gasteiger partial charge is 0.375 e. The van der Waals surface area contributed by atoms with Gasteiger partial charge in [-0.25, -0.2) is 4.98 Å². The van der Waals surface area contributed by atoms with E-state index < -0.39 is 0 Å². The molecule has 106 valence electrons. The smallest absolute Gasteiger partial charge is 0.273 e. The van der Waals surface area contributed by atoms with Gasteiger partial charge < -0.3 is 9.64 Å². The molecule has 1 aliphatic heterocycles. The Balaban J connectivity index is 1.74. The van der Waals surface area contributed by atoms with Crippen molar-refractivity contribution in [2.75, 3.05) is 19.7 Å². The number of carbonyl (C=O) groups excluding carboxylic acids is 1. The fourth-order valence-corrected chi connectivity index (χ4v) is 3.81. The van der Waals surface area contributed by atoms with Gasteiger partial charge in [-0.3, -0.25) is 4.79 Å². The first-order chi connectivity index (χ1) is 9.78. The van der Waals surface area contributed by atoms with Crippen LogP contribution in [-0.2, 0) is 4.74 Å². The molecule has 3 heterocycles. The van der Waals surface area contributed by atoms with Crippen molar-refractivity contribution in [2.45, 2.75) is 19.4 Å². The number of aromatic nitrogens is 1. The standard InChI is InChI=1S/C14H16N2O2S2/c1-2-10-8-16(5-6-18-10)14(17)11-9-20-13(15-11)12-4-3-7-19-12/h3-4,7,9-10H,2,5-6,8H2,1H3/t10-/m1/s1. The Morgan fingerprint density at radius 1 is 1.55 bits per heavy atom. The Morgan fingerprint density at radius 3 is 3.20 bits per heavy atom. The van der Waals surface area contributed by atoms with Gasteiger partial charge in [-0.1, -0.05) is 13.0 Å². The van der Waals surface area contributed by atoms with E-state index in [2.05, 4.69) is 11.9 Å². The van der Waals surface area contributed by atoms with Gasteiger partial charge in [0.25, 0.3) is 5.91 Å². The number of nitrogens with zero attached hydrogens (tertiary/aromatic N) is 2. The summed E-state index contributed by atoms with van der Waals surface area (Å²) in [5.74, 6) is 0.0193. The second-order valence-corrected chi connectivity index (χ2v) is 6.47. The third-order valence-electron chi connectivity index (χ3n) is 3.34. The molecule has 3 rings (SSSR count). The van der Waals surface area contributed by atoms with Crippen LogP contribution in [0.3, 0.4) is 0 Å². The lowest BCUT2D eigenvalue weighted by atomic mass is 10.2. The molecule has 0 bridgehead atoms. The van der Waals surface area contributed by atoms with E-state index in [-0.39, 0.29) is 12.0 Å². The highest BCUT2D eigenvalue weighted by atomic mass is 32.1. The summed E-state index contributed by atoms with van der Waals surface area (Å²) < 4.78 is 5.60. The molecule has 2 aromatic heterocycles. The fourth-order valence-electron chi connectivity index (χ4n) is 2.20. The summed E-state index contributed by atoms with van der Waals surface area (Å²) >= 11 is 3.17. The van der Waals surface area contributed by atoms with Crippen LogP contribution < -0.4 is 0 Å². The van der Waals surface area contributed by atoms with Crippen molar-refractivity contribution in [1.29, 1.82) is 0 Å². The molecule has 1 fully saturated rings. The highest BCUT2D eigenvalue weighted by Crippen LogP contribution is 2.28. The fraction of sp³-hybridized carbons (Fsp3) is 0.429. The summed E-state index contributed by atoms with van der Waals surface area (Å²) in [6.45, 7) is 4.02. The molecule has 2 aromatic rings. The van der Waals surface area contributed by atoms with Crippen LogP contribution in [-0.4, -0.2) is 41.6 Å². The van der Waals surface area contributed by atoms with E-state index in [4.69, 9.17) is 4.74 Å². The van der Waals surface area contributed by atoms with Crippen molar-refractivity contribution in [1.82, 2.24) is 9.88 Å². The second kappa shape index (κ2) is 6.03. The Labute approximate surface area is 126 Å². The average Bonchev–Trinajstić information content (AvgIpc) is 3.17. The molecule has 1 aliphatic rings. The number of thiazole rings is 1. The lowest BCUT2D eigenvalue weighted by molar-refractivity contribution is -0.0227. The molecule has 0 saturated carbocycles. The maximum absolute atomic E-state index is 12.5. The summed E-state index contributed by atoms with van der Waals surface area (Å²) in [6.07, 6.45) is 1.09. The number of rotatable bonds is 3. The van der Waals surface area contributed by atoms with Gasteiger partial charge in [-0.2, -0.15) is 0 Å². The monoisotopic (exact) mass is 308 g/mol. The number of hydrogen-bond donors (Lipinski definition) is 0. The van der Waals surface area contributed by atoms with Crippen LogP contribution in [0.1, 0.15) is 23.8 Å². The first-order valence-corrected chi connectivity index (χ1v) is 8.44. The molecule has 1 amide bonds. The van der Waals surface area contributed by atoms with E-state index in [9.17, 15) is 4.79 Å². The van der Waals surface area contributed by atoms with Crippen molar-refractivity contribution >= 4 is 28.6 Å². The minimum atomic E-state index is 0.0193. The zero-order valence-electron chi connectivity index (χ0n) is 11.2. The van der Waals surface area contributed by atoms with Gasteiger partial charge in [0.2, 0.25) is 0 Å². The van der Waals surface area contributed by atoms with Crippen molar-refractivity contribution in [3.63, 3.8) is 0 Å². The number of carbonyl (C=O) groups is 1. The molecule has 1 atom stereocenters. The zero-order valence-corrected chi connectivity index (χ0v) is 12.9. The summed E-state index contributed by atoms with van der Waals surface area (Å²) in [6, 6.07) is 4.02. The van der Waals surface area contributed by atoms with E-state index in [0.717, 1.165) is 16.3 Å². The molecule has 20 heavy (non-hydrogen) atoms. The second-order valence-electron chi connectivity index (χ2n) is 4.67. The molecule has 4 nitrogen and oxygen atoms in total. The van der Waals surface area contributed by atoms with Gasteiger partial charge in [-0.05, 0) is 17.9 Å². The first kappa shape index (κ1) is 13.7. The summed E-state index contributed by atoms with van der Waals surface area (Å²) in [5, 5.41) is 4.79. The molecule has 0 unspecified atom stereocenters. The number of hydrogen-bond acceptors (Lipinski definition) is 5. The van der Waals surface area contributed by atoms with E-state index in [1.54, 1.807) is 11.3 Å². The minimum Gasteiger partial charge on any atom is -0.375 e. The zero-order chi connectivity index (χ0) is 13.9. The van der Waals surface area contributed by atoms with Crippen LogP contribution in [0.4, 0.5) is 0 Å². The van der Waals surface area contributed by atoms with E-state index in [0.29, 0.717) is 25.4 Å². The Kier molecular flexibility index (Phi) is 4.14. The summed E-state index contributed by atoms with van der Waals surface area (Å²) in [4.78, 5) is 19.9. The molecular formula is C14H16N2O2S2. The maximum Gasteiger partial charge on any atom is 0.273 e. The molecule has 0 aliphatic carbocycles. The van der Waals surface area contributed by atoms with Crippen molar-refractivity contribution in [3.8, 4) is 9.88 Å². The van der Waals surface area contributed by atoms with Gasteiger partial charge >= 0.3 is 0 Å². The van der Waals surface area contributed by atoms with Gasteiger partial charge in [0.15, 0.2) is 0 Å². The molecule has 0 radical (unpaired) electrons. The highest BCUT2D eigenvalue weighted by Gasteiger charge is 2.25. The van der Waals surface area contributed by atoms with Crippen LogP contribution in [0, 0.1) is 0 Å². The summed E-state index contributed by atoms with van der Waals surface area (Å²) in [7, 11) is 0. The molecule has 6 heteroatoms. The van der Waals surface area contributed by atoms with Crippen molar-refractivity contribution in [2.24, 2.45) is 0 Å². The third-order valence-corrected chi connectivity index (χ3v) is 5.22. The molecule has 1 saturated heterocycles. The number of ether oxygens (including phenoxy) is 1. The topological polar surface area (TPSA) is 42.4 Å². The number of amides is 1. The summed E-state index contributed by atoms with van der Waals surface area (Å²) in [5.41, 5.74) is 0.551. The van der Waals surface area contributed by atoms with Gasteiger partial charge in [-0.15, -0.1) is 22.7 Å². The molecule has 0 aromatic carbocycles. The van der Waals surface area contributed by atoms with Crippen LogP contribution >= 0.6 is 22.7 Å². The molecule has 0 N–H and O–H groups in total. The Morgan fingerprint density at radius 2 is 2.45 bits per heavy atom. The van der Waals surface area contributed by atoms with E-state index in [1.165, 1.54) is 11.3 Å². The van der Waals surface area contributed by atoms with Crippen molar-refractivity contribution < 1.29 is 9.53 Å². The molecule has 0 spiro atoms. The molecular weight excluding hydrogens is 292 g/mol. The average molecular weight is 308 g/mol. The maximum atomic E-state index is 12.5. The Hall–Kier alpha value is -1.24. The normalized spacial score (nSPS) is 19.2. The lowest BCUT2D eigenvalue weighted by Gasteiger charge is -2.32. The van der Waals surface area contributed by atoms with Crippen LogP contribution in [0.15, 0.2) is 22.9 Å². The quantitative estimate of drug-likeness (QED) is 0.875. The van der Waals surface area contributed by atoms with Crippen LogP contribution in [0.25, 0.3) is 9.88 Å². The third kappa shape index (κ3) is 2.77. The van der Waals surface area contributed by atoms with Crippen molar-refractivity contribution in [3.05, 3.63) is 28.6 Å². The first-order valence-electron chi connectivity index (χ1n) is 6.68. The Bertz CT molecular complexity index is 580. The lowest BCUT2D eigenvalue weighted by Crippen LogP contribution is -2.45.